The van der Waals surface area contributed by atoms with Crippen molar-refractivity contribution in [3.05, 3.63) is 34.7 Å². The Morgan fingerprint density at radius 2 is 1.57 bits per heavy atom. The number of para-hydroxylation sites is 2. The van der Waals surface area contributed by atoms with E-state index in [2.05, 4.69) is 5.32 Å². The molecule has 2 aromatic rings. The number of imidazole rings is 1. The molecular formula is C23H32N4O3. The summed E-state index contributed by atoms with van der Waals surface area (Å²) in [5.74, 6) is -0.0416. The summed E-state index contributed by atoms with van der Waals surface area (Å²) in [6.07, 6.45) is 10.8. The molecule has 0 unspecified atom stereocenters. The third-order valence-corrected chi connectivity index (χ3v) is 6.91. The fourth-order valence-corrected chi connectivity index (χ4v) is 5.30. The van der Waals surface area contributed by atoms with Gasteiger partial charge in [0.2, 0.25) is 5.91 Å². The maximum Gasteiger partial charge on any atom is 0.337 e. The van der Waals surface area contributed by atoms with Crippen molar-refractivity contribution in [3.63, 3.8) is 0 Å². The number of nitrogens with two attached hydrogens (primary N) is 1. The Labute approximate surface area is 176 Å². The van der Waals surface area contributed by atoms with Gasteiger partial charge in [-0.2, -0.15) is 0 Å². The van der Waals surface area contributed by atoms with Gasteiger partial charge in [-0.1, -0.05) is 50.7 Å². The molecule has 2 saturated carbocycles. The summed E-state index contributed by atoms with van der Waals surface area (Å²) in [5, 5.41) is 2.79. The van der Waals surface area contributed by atoms with Gasteiger partial charge in [-0.25, -0.2) is 14.2 Å². The lowest BCUT2D eigenvalue weighted by Gasteiger charge is -2.28. The van der Waals surface area contributed by atoms with E-state index in [-0.39, 0.29) is 11.6 Å². The number of amides is 2. The van der Waals surface area contributed by atoms with Gasteiger partial charge in [-0.15, -0.1) is 0 Å². The second kappa shape index (κ2) is 9.06. The molecule has 0 saturated heterocycles. The highest BCUT2D eigenvalue weighted by Gasteiger charge is 2.31. The highest BCUT2D eigenvalue weighted by Crippen LogP contribution is 2.27. The van der Waals surface area contributed by atoms with E-state index in [4.69, 9.17) is 5.73 Å². The number of carbonyl (C=O) groups excluding carboxylic acids is 2. The Bertz CT molecular complexity index is 964. The fraction of sp³-hybridized carbons (Fsp3) is 0.609. The third kappa shape index (κ3) is 4.16. The summed E-state index contributed by atoms with van der Waals surface area (Å²) in [7, 11) is 0. The molecule has 30 heavy (non-hydrogen) atoms. The van der Waals surface area contributed by atoms with E-state index in [1.165, 1.54) is 23.8 Å². The summed E-state index contributed by atoms with van der Waals surface area (Å²) in [6, 6.07) is 6.07. The molecule has 0 spiro atoms. The normalized spacial score (nSPS) is 19.6. The molecule has 2 fully saturated rings. The molecule has 4 rings (SSSR count). The quantitative estimate of drug-likeness (QED) is 0.787. The standard InChI is InChI=1S/C23H32N4O3/c24-21(28)20(17-11-5-2-6-12-17)25-22(29)27-19-14-8-7-13-18(19)26(23(27)30)15-16-9-3-1-4-10-16/h7-8,13-14,16-17,20H,1-6,9-12,15H2,(H2,24,28)(H,25,29)/t20-/m0/s1. The van der Waals surface area contributed by atoms with Gasteiger partial charge in [-0.05, 0) is 49.7 Å². The minimum absolute atomic E-state index is 0.0338. The Kier molecular flexibility index (Phi) is 6.25. The lowest BCUT2D eigenvalue weighted by Crippen LogP contribution is -2.52. The molecule has 0 radical (unpaired) electrons. The molecule has 7 heteroatoms. The Morgan fingerprint density at radius 3 is 2.20 bits per heavy atom. The van der Waals surface area contributed by atoms with E-state index in [9.17, 15) is 14.4 Å². The molecule has 1 heterocycles. The molecule has 1 aromatic carbocycles. The molecule has 3 N–H and O–H groups in total. The van der Waals surface area contributed by atoms with Crippen molar-refractivity contribution < 1.29 is 9.59 Å². The highest BCUT2D eigenvalue weighted by atomic mass is 16.2. The number of hydrogen-bond donors (Lipinski definition) is 2. The summed E-state index contributed by atoms with van der Waals surface area (Å²) in [5.41, 5.74) is 6.62. The maximum atomic E-state index is 13.3. The maximum absolute atomic E-state index is 13.3. The number of nitrogens with one attached hydrogen (secondary N) is 1. The van der Waals surface area contributed by atoms with Crippen molar-refractivity contribution >= 4 is 23.0 Å². The van der Waals surface area contributed by atoms with Crippen molar-refractivity contribution in [1.82, 2.24) is 14.5 Å². The first-order chi connectivity index (χ1) is 14.6. The monoisotopic (exact) mass is 412 g/mol. The smallest absolute Gasteiger partial charge is 0.337 e. The molecule has 2 aliphatic rings. The summed E-state index contributed by atoms with van der Waals surface area (Å²) >= 11 is 0. The van der Waals surface area contributed by atoms with Gasteiger partial charge < -0.3 is 11.1 Å². The zero-order valence-corrected chi connectivity index (χ0v) is 17.5. The largest absolute Gasteiger partial charge is 0.368 e. The molecule has 1 aromatic heterocycles. The van der Waals surface area contributed by atoms with Crippen LogP contribution < -0.4 is 16.7 Å². The van der Waals surface area contributed by atoms with Crippen LogP contribution in [0.2, 0.25) is 0 Å². The van der Waals surface area contributed by atoms with Gasteiger partial charge in [0, 0.05) is 6.54 Å². The summed E-state index contributed by atoms with van der Waals surface area (Å²) in [4.78, 5) is 38.6. The van der Waals surface area contributed by atoms with Crippen LogP contribution in [-0.2, 0) is 11.3 Å². The average molecular weight is 413 g/mol. The van der Waals surface area contributed by atoms with Crippen molar-refractivity contribution in [2.75, 3.05) is 0 Å². The van der Waals surface area contributed by atoms with Crippen LogP contribution in [0.25, 0.3) is 11.0 Å². The summed E-state index contributed by atoms with van der Waals surface area (Å²) < 4.78 is 2.90. The molecule has 2 aliphatic carbocycles. The van der Waals surface area contributed by atoms with Crippen LogP contribution in [0.3, 0.4) is 0 Å². The second-order valence-corrected chi connectivity index (χ2v) is 8.95. The Hall–Kier alpha value is -2.57. The third-order valence-electron chi connectivity index (χ3n) is 6.91. The highest BCUT2D eigenvalue weighted by molar-refractivity contribution is 5.92. The summed E-state index contributed by atoms with van der Waals surface area (Å²) in [6.45, 7) is 0.626. The van der Waals surface area contributed by atoms with Gasteiger partial charge >= 0.3 is 11.7 Å². The predicted octanol–water partition coefficient (Wildman–Crippen LogP) is 3.38. The van der Waals surface area contributed by atoms with Crippen LogP contribution in [0.4, 0.5) is 4.79 Å². The fourth-order valence-electron chi connectivity index (χ4n) is 5.30. The Morgan fingerprint density at radius 1 is 0.967 bits per heavy atom. The first kappa shape index (κ1) is 20.7. The molecule has 2 amide bonds. The number of primary amides is 1. The van der Waals surface area contributed by atoms with Gasteiger partial charge in [0.05, 0.1) is 11.0 Å². The lowest BCUT2D eigenvalue weighted by molar-refractivity contribution is -0.121. The van der Waals surface area contributed by atoms with Gasteiger partial charge in [0.25, 0.3) is 0 Å². The van der Waals surface area contributed by atoms with Gasteiger partial charge in [-0.3, -0.25) is 9.36 Å². The molecule has 7 nitrogen and oxygen atoms in total. The number of rotatable bonds is 5. The molecule has 162 valence electrons. The van der Waals surface area contributed by atoms with Crippen LogP contribution in [0.1, 0.15) is 64.2 Å². The minimum Gasteiger partial charge on any atom is -0.368 e. The van der Waals surface area contributed by atoms with Crippen LogP contribution in [-0.4, -0.2) is 27.1 Å². The number of benzene rings is 1. The van der Waals surface area contributed by atoms with Crippen molar-refractivity contribution in [1.29, 1.82) is 0 Å². The van der Waals surface area contributed by atoms with E-state index in [1.54, 1.807) is 10.6 Å². The van der Waals surface area contributed by atoms with Gasteiger partial charge in [0.15, 0.2) is 0 Å². The average Bonchev–Trinajstić information content (AvgIpc) is 3.04. The lowest BCUT2D eigenvalue weighted by atomic mass is 9.83. The molecule has 1 atom stereocenters. The molecule has 0 aliphatic heterocycles. The number of nitrogens with zero attached hydrogens (tertiary/aromatic N) is 2. The number of aromatic nitrogens is 2. The second-order valence-electron chi connectivity index (χ2n) is 8.95. The number of carbonyl (C=O) groups is 2. The first-order valence-corrected chi connectivity index (χ1v) is 11.4. The first-order valence-electron chi connectivity index (χ1n) is 11.4. The zero-order valence-electron chi connectivity index (χ0n) is 17.5. The zero-order chi connectivity index (χ0) is 21.1. The van der Waals surface area contributed by atoms with Crippen LogP contribution >= 0.6 is 0 Å². The molecular weight excluding hydrogens is 380 g/mol. The van der Waals surface area contributed by atoms with E-state index in [0.717, 1.165) is 50.5 Å². The van der Waals surface area contributed by atoms with Crippen LogP contribution in [0.5, 0.6) is 0 Å². The van der Waals surface area contributed by atoms with Crippen molar-refractivity contribution in [2.45, 2.75) is 76.8 Å². The Balaban J connectivity index is 1.64. The van der Waals surface area contributed by atoms with Crippen molar-refractivity contribution in [2.24, 2.45) is 17.6 Å². The van der Waals surface area contributed by atoms with E-state index in [0.29, 0.717) is 18.0 Å². The van der Waals surface area contributed by atoms with E-state index in [1.807, 2.05) is 18.2 Å². The van der Waals surface area contributed by atoms with E-state index >= 15 is 0 Å². The topological polar surface area (TPSA) is 99.1 Å². The van der Waals surface area contributed by atoms with Gasteiger partial charge in [0.1, 0.15) is 6.04 Å². The number of fused-ring (bicyclic) bond motifs is 1. The van der Waals surface area contributed by atoms with Crippen LogP contribution in [0.15, 0.2) is 29.1 Å². The van der Waals surface area contributed by atoms with E-state index < -0.39 is 18.0 Å². The SMILES string of the molecule is NC(=O)[C@@H](NC(=O)n1c(=O)n(CC2CCCCC2)c2ccccc21)C1CCCCC1. The van der Waals surface area contributed by atoms with Crippen LogP contribution in [0, 0.1) is 11.8 Å². The van der Waals surface area contributed by atoms with Crippen molar-refractivity contribution in [3.8, 4) is 0 Å². The minimum atomic E-state index is -0.745. The predicted molar refractivity (Wildman–Crippen MR) is 116 cm³/mol. The number of hydrogen-bond acceptors (Lipinski definition) is 3. The molecule has 0 bridgehead atoms.